The number of amides is 1. The Balaban J connectivity index is 2.58. The Kier molecular flexibility index (Phi) is 1.98. The Hall–Kier alpha value is -0.860. The summed E-state index contributed by atoms with van der Waals surface area (Å²) in [7, 11) is 0. The molecular formula is C8H13NO2. The van der Waals surface area contributed by atoms with Crippen LogP contribution in [0.3, 0.4) is 0 Å². The van der Waals surface area contributed by atoms with Crippen molar-refractivity contribution in [3.05, 3.63) is 0 Å². The summed E-state index contributed by atoms with van der Waals surface area (Å²) in [5, 5.41) is 0. The van der Waals surface area contributed by atoms with E-state index in [4.69, 9.17) is 5.73 Å². The lowest BCUT2D eigenvalue weighted by molar-refractivity contribution is -0.134. The third kappa shape index (κ3) is 1.27. The summed E-state index contributed by atoms with van der Waals surface area (Å²) in [4.78, 5) is 22.1. The SMILES string of the molecule is CCCC(=O)C1(C(N)=O)CC1. The topological polar surface area (TPSA) is 60.2 Å². The van der Waals surface area contributed by atoms with Crippen molar-refractivity contribution in [2.75, 3.05) is 0 Å². The van der Waals surface area contributed by atoms with E-state index in [2.05, 4.69) is 0 Å². The van der Waals surface area contributed by atoms with Gasteiger partial charge in [0.05, 0.1) is 0 Å². The van der Waals surface area contributed by atoms with E-state index in [9.17, 15) is 9.59 Å². The smallest absolute Gasteiger partial charge is 0.231 e. The molecule has 3 nitrogen and oxygen atoms in total. The van der Waals surface area contributed by atoms with Crippen LogP contribution in [0.1, 0.15) is 32.6 Å². The van der Waals surface area contributed by atoms with Gasteiger partial charge in [0.15, 0.2) is 0 Å². The van der Waals surface area contributed by atoms with Crippen molar-refractivity contribution in [1.29, 1.82) is 0 Å². The van der Waals surface area contributed by atoms with Crippen molar-refractivity contribution in [2.45, 2.75) is 32.6 Å². The number of carbonyl (C=O) groups excluding carboxylic acids is 2. The summed E-state index contributed by atoms with van der Waals surface area (Å²) >= 11 is 0. The molecule has 0 bridgehead atoms. The minimum Gasteiger partial charge on any atom is -0.369 e. The van der Waals surface area contributed by atoms with E-state index in [1.165, 1.54) is 0 Å². The second kappa shape index (κ2) is 2.64. The van der Waals surface area contributed by atoms with E-state index in [1.54, 1.807) is 0 Å². The van der Waals surface area contributed by atoms with Crippen molar-refractivity contribution < 1.29 is 9.59 Å². The van der Waals surface area contributed by atoms with Crippen molar-refractivity contribution in [3.63, 3.8) is 0 Å². The first-order valence-corrected chi connectivity index (χ1v) is 3.96. The molecule has 11 heavy (non-hydrogen) atoms. The number of rotatable bonds is 4. The van der Waals surface area contributed by atoms with E-state index in [1.807, 2.05) is 6.92 Å². The average molecular weight is 155 g/mol. The van der Waals surface area contributed by atoms with Crippen LogP contribution in [-0.2, 0) is 9.59 Å². The Morgan fingerprint density at radius 3 is 2.27 bits per heavy atom. The summed E-state index contributed by atoms with van der Waals surface area (Å²) in [6.07, 6.45) is 2.62. The number of hydrogen-bond acceptors (Lipinski definition) is 2. The van der Waals surface area contributed by atoms with Crippen molar-refractivity contribution >= 4 is 11.7 Å². The molecule has 0 aromatic heterocycles. The molecule has 1 aliphatic carbocycles. The van der Waals surface area contributed by atoms with E-state index >= 15 is 0 Å². The molecule has 3 heteroatoms. The first kappa shape index (κ1) is 8.24. The first-order chi connectivity index (χ1) is 5.13. The number of nitrogens with two attached hydrogens (primary N) is 1. The number of carbonyl (C=O) groups is 2. The van der Waals surface area contributed by atoms with Crippen LogP contribution in [0.2, 0.25) is 0 Å². The van der Waals surface area contributed by atoms with Gasteiger partial charge >= 0.3 is 0 Å². The van der Waals surface area contributed by atoms with Gasteiger partial charge in [0.1, 0.15) is 11.2 Å². The van der Waals surface area contributed by atoms with Gasteiger partial charge in [-0.05, 0) is 19.3 Å². The highest BCUT2D eigenvalue weighted by atomic mass is 16.2. The maximum atomic E-state index is 11.3. The molecule has 0 aromatic rings. The Morgan fingerprint density at radius 1 is 1.45 bits per heavy atom. The molecule has 62 valence electrons. The standard InChI is InChI=1S/C8H13NO2/c1-2-3-6(10)8(4-5-8)7(9)11/h2-5H2,1H3,(H2,9,11). The quantitative estimate of drug-likeness (QED) is 0.605. The molecule has 0 aromatic carbocycles. The van der Waals surface area contributed by atoms with Crippen LogP contribution >= 0.6 is 0 Å². The predicted molar refractivity (Wildman–Crippen MR) is 40.8 cm³/mol. The van der Waals surface area contributed by atoms with Gasteiger partial charge < -0.3 is 5.73 Å². The molecule has 0 heterocycles. The highest BCUT2D eigenvalue weighted by Gasteiger charge is 2.53. The van der Waals surface area contributed by atoms with Crippen molar-refractivity contribution in [1.82, 2.24) is 0 Å². The number of hydrogen-bond donors (Lipinski definition) is 1. The van der Waals surface area contributed by atoms with Crippen LogP contribution in [-0.4, -0.2) is 11.7 Å². The highest BCUT2D eigenvalue weighted by Crippen LogP contribution is 2.47. The van der Waals surface area contributed by atoms with Gasteiger partial charge in [-0.2, -0.15) is 0 Å². The maximum absolute atomic E-state index is 11.3. The zero-order valence-corrected chi connectivity index (χ0v) is 6.72. The molecule has 1 fully saturated rings. The van der Waals surface area contributed by atoms with Crippen molar-refractivity contribution in [3.8, 4) is 0 Å². The third-order valence-corrected chi connectivity index (χ3v) is 2.23. The van der Waals surface area contributed by atoms with E-state index in [-0.39, 0.29) is 5.78 Å². The first-order valence-electron chi connectivity index (χ1n) is 3.96. The fourth-order valence-corrected chi connectivity index (χ4v) is 1.25. The van der Waals surface area contributed by atoms with Gasteiger partial charge in [-0.25, -0.2) is 0 Å². The summed E-state index contributed by atoms with van der Waals surface area (Å²) in [6.45, 7) is 1.93. The zero-order valence-electron chi connectivity index (χ0n) is 6.72. The van der Waals surface area contributed by atoms with Crippen LogP contribution in [0.25, 0.3) is 0 Å². The van der Waals surface area contributed by atoms with E-state index in [0.29, 0.717) is 19.3 Å². The highest BCUT2D eigenvalue weighted by molar-refractivity contribution is 6.08. The van der Waals surface area contributed by atoms with Crippen molar-refractivity contribution in [2.24, 2.45) is 11.1 Å². The lowest BCUT2D eigenvalue weighted by Crippen LogP contribution is -2.31. The van der Waals surface area contributed by atoms with Crippen LogP contribution < -0.4 is 5.73 Å². The Labute approximate surface area is 66.0 Å². The predicted octanol–water partition coefficient (Wildman–Crippen LogP) is 0.621. The Bertz CT molecular complexity index is 194. The van der Waals surface area contributed by atoms with Gasteiger partial charge in [0, 0.05) is 6.42 Å². The summed E-state index contributed by atoms with van der Waals surface area (Å²) in [5.41, 5.74) is 4.36. The summed E-state index contributed by atoms with van der Waals surface area (Å²) < 4.78 is 0. The molecule has 0 spiro atoms. The van der Waals surface area contributed by atoms with Gasteiger partial charge in [-0.15, -0.1) is 0 Å². The Morgan fingerprint density at radius 2 is 2.00 bits per heavy atom. The van der Waals surface area contributed by atoms with Crippen LogP contribution in [0.15, 0.2) is 0 Å². The van der Waals surface area contributed by atoms with Crippen LogP contribution in [0.4, 0.5) is 0 Å². The largest absolute Gasteiger partial charge is 0.369 e. The molecule has 0 radical (unpaired) electrons. The fraction of sp³-hybridized carbons (Fsp3) is 0.750. The minimum absolute atomic E-state index is 0.0347. The summed E-state index contributed by atoms with van der Waals surface area (Å²) in [6, 6.07) is 0. The maximum Gasteiger partial charge on any atom is 0.231 e. The van der Waals surface area contributed by atoms with Crippen LogP contribution in [0.5, 0.6) is 0 Å². The average Bonchev–Trinajstić information content (AvgIpc) is 2.66. The molecule has 1 amide bonds. The second-order valence-electron chi connectivity index (χ2n) is 3.12. The molecule has 2 N–H and O–H groups in total. The molecule has 1 aliphatic rings. The number of ketones is 1. The van der Waals surface area contributed by atoms with E-state index in [0.717, 1.165) is 6.42 Å². The summed E-state index contributed by atoms with van der Waals surface area (Å²) in [5.74, 6) is -0.400. The molecule has 0 saturated heterocycles. The number of primary amides is 1. The lowest BCUT2D eigenvalue weighted by atomic mass is 9.97. The van der Waals surface area contributed by atoms with Gasteiger partial charge in [-0.3, -0.25) is 9.59 Å². The van der Waals surface area contributed by atoms with Gasteiger partial charge in [0.2, 0.25) is 5.91 Å². The molecule has 0 unspecified atom stereocenters. The molecule has 0 aliphatic heterocycles. The third-order valence-electron chi connectivity index (χ3n) is 2.23. The number of Topliss-reactive ketones (excluding diaryl/α,β-unsaturated/α-hetero) is 1. The molecule has 1 saturated carbocycles. The molecular weight excluding hydrogens is 142 g/mol. The lowest BCUT2D eigenvalue weighted by Gasteiger charge is -2.07. The van der Waals surface area contributed by atoms with Crippen LogP contribution in [0, 0.1) is 5.41 Å². The zero-order chi connectivity index (χ0) is 8.48. The fourth-order valence-electron chi connectivity index (χ4n) is 1.25. The second-order valence-corrected chi connectivity index (χ2v) is 3.12. The minimum atomic E-state index is -0.740. The van der Waals surface area contributed by atoms with Gasteiger partial charge in [0.25, 0.3) is 0 Å². The normalized spacial score (nSPS) is 19.4. The van der Waals surface area contributed by atoms with E-state index < -0.39 is 11.3 Å². The monoisotopic (exact) mass is 155 g/mol. The molecule has 1 rings (SSSR count). The molecule has 0 atom stereocenters. The van der Waals surface area contributed by atoms with Gasteiger partial charge in [-0.1, -0.05) is 6.92 Å².